The lowest BCUT2D eigenvalue weighted by Gasteiger charge is -2.20. The van der Waals surface area contributed by atoms with Gasteiger partial charge in [0.1, 0.15) is 5.69 Å². The van der Waals surface area contributed by atoms with E-state index in [4.69, 9.17) is 0 Å². The Kier molecular flexibility index (Phi) is 4.57. The van der Waals surface area contributed by atoms with Crippen LogP contribution in [0.5, 0.6) is 0 Å². The molecule has 1 atom stereocenters. The predicted molar refractivity (Wildman–Crippen MR) is 89.8 cm³/mol. The van der Waals surface area contributed by atoms with Crippen molar-refractivity contribution < 1.29 is 4.79 Å². The van der Waals surface area contributed by atoms with Crippen molar-refractivity contribution in [3.8, 4) is 10.6 Å². The van der Waals surface area contributed by atoms with Crippen LogP contribution in [0.3, 0.4) is 0 Å². The smallest absolute Gasteiger partial charge is 0.227 e. The van der Waals surface area contributed by atoms with Gasteiger partial charge >= 0.3 is 0 Å². The number of H-pyrrole nitrogens is 1. The lowest BCUT2D eigenvalue weighted by Crippen LogP contribution is -2.33. The van der Waals surface area contributed by atoms with Crippen LogP contribution in [0.25, 0.3) is 10.6 Å². The number of aromatic nitrogens is 4. The number of hydrogen-bond donors (Lipinski definition) is 1. The predicted octanol–water partition coefficient (Wildman–Crippen LogP) is 2.63. The van der Waals surface area contributed by atoms with Crippen LogP contribution in [-0.4, -0.2) is 37.8 Å². The van der Waals surface area contributed by atoms with Crippen LogP contribution in [-0.2, 0) is 17.9 Å². The van der Waals surface area contributed by atoms with E-state index < -0.39 is 0 Å². The topological polar surface area (TPSA) is 66.8 Å². The van der Waals surface area contributed by atoms with E-state index in [1.54, 1.807) is 27.1 Å². The Morgan fingerprint density at radius 1 is 1.48 bits per heavy atom. The van der Waals surface area contributed by atoms with E-state index in [1.165, 1.54) is 0 Å². The number of thiophene rings is 1. The van der Waals surface area contributed by atoms with E-state index in [0.717, 1.165) is 16.3 Å². The molecule has 1 N–H and O–H groups in total. The molecular weight excluding hydrogens is 310 g/mol. The van der Waals surface area contributed by atoms with Crippen molar-refractivity contribution in [2.45, 2.75) is 20.0 Å². The molecule has 0 saturated heterocycles. The zero-order valence-corrected chi connectivity index (χ0v) is 14.0. The molecule has 7 heteroatoms. The van der Waals surface area contributed by atoms with Gasteiger partial charge < -0.3 is 4.90 Å². The molecule has 6 nitrogen and oxygen atoms in total. The summed E-state index contributed by atoms with van der Waals surface area (Å²) >= 11 is 1.65. The van der Waals surface area contributed by atoms with Gasteiger partial charge in [0.05, 0.1) is 29.6 Å². The number of rotatable bonds is 6. The average molecular weight is 329 g/mol. The van der Waals surface area contributed by atoms with Crippen LogP contribution < -0.4 is 0 Å². The second-order valence-electron chi connectivity index (χ2n) is 5.58. The van der Waals surface area contributed by atoms with E-state index in [9.17, 15) is 4.79 Å². The molecule has 3 aromatic rings. The van der Waals surface area contributed by atoms with E-state index in [2.05, 4.69) is 15.3 Å². The zero-order chi connectivity index (χ0) is 16.2. The molecule has 3 rings (SSSR count). The van der Waals surface area contributed by atoms with Gasteiger partial charge in [0.25, 0.3) is 0 Å². The lowest BCUT2D eigenvalue weighted by atomic mass is 10.1. The van der Waals surface area contributed by atoms with Gasteiger partial charge in [-0.05, 0) is 23.6 Å². The van der Waals surface area contributed by atoms with Crippen molar-refractivity contribution in [1.29, 1.82) is 0 Å². The molecule has 0 bridgehead atoms. The molecule has 0 saturated carbocycles. The maximum Gasteiger partial charge on any atom is 0.227 e. The Balaban J connectivity index is 1.60. The van der Waals surface area contributed by atoms with Gasteiger partial charge in [0.15, 0.2) is 0 Å². The molecule has 0 aliphatic rings. The van der Waals surface area contributed by atoms with Crippen LogP contribution in [0.2, 0.25) is 0 Å². The highest BCUT2D eigenvalue weighted by molar-refractivity contribution is 7.13. The van der Waals surface area contributed by atoms with Crippen molar-refractivity contribution in [1.82, 2.24) is 24.9 Å². The fraction of sp³-hybridized carbons (Fsp3) is 0.312. The fourth-order valence-corrected chi connectivity index (χ4v) is 3.16. The number of aromatic amines is 1. The minimum atomic E-state index is -0.125. The SMILES string of the molecule is CC(Cn1cccn1)C(=O)N(C)Cc1cc(-c2cccs2)n[nH]1. The summed E-state index contributed by atoms with van der Waals surface area (Å²) in [4.78, 5) is 15.3. The third kappa shape index (κ3) is 3.68. The Bertz CT molecular complexity index is 747. The Hall–Kier alpha value is -2.41. The third-order valence-corrected chi connectivity index (χ3v) is 4.52. The number of carbonyl (C=O) groups is 1. The normalized spacial score (nSPS) is 12.3. The largest absolute Gasteiger partial charge is 0.340 e. The van der Waals surface area contributed by atoms with Crippen molar-refractivity contribution in [2.24, 2.45) is 5.92 Å². The summed E-state index contributed by atoms with van der Waals surface area (Å²) in [6.45, 7) is 3.02. The molecular formula is C16H19N5OS. The maximum atomic E-state index is 12.5. The van der Waals surface area contributed by atoms with Crippen LogP contribution in [0.4, 0.5) is 0 Å². The molecule has 23 heavy (non-hydrogen) atoms. The maximum absolute atomic E-state index is 12.5. The van der Waals surface area contributed by atoms with Gasteiger partial charge in [0.2, 0.25) is 5.91 Å². The molecule has 0 radical (unpaired) electrons. The minimum absolute atomic E-state index is 0.0905. The zero-order valence-electron chi connectivity index (χ0n) is 13.1. The number of carbonyl (C=O) groups excluding carboxylic acids is 1. The van der Waals surface area contributed by atoms with Crippen molar-refractivity contribution in [3.63, 3.8) is 0 Å². The molecule has 0 spiro atoms. The lowest BCUT2D eigenvalue weighted by molar-refractivity contribution is -0.134. The van der Waals surface area contributed by atoms with E-state index in [-0.39, 0.29) is 11.8 Å². The van der Waals surface area contributed by atoms with E-state index in [1.807, 2.05) is 49.8 Å². The minimum Gasteiger partial charge on any atom is -0.340 e. The second kappa shape index (κ2) is 6.78. The second-order valence-corrected chi connectivity index (χ2v) is 6.53. The molecule has 0 aromatic carbocycles. The first kappa shape index (κ1) is 15.5. The highest BCUT2D eigenvalue weighted by Crippen LogP contribution is 2.23. The summed E-state index contributed by atoms with van der Waals surface area (Å²) in [7, 11) is 1.81. The first-order valence-electron chi connectivity index (χ1n) is 7.44. The Labute approximate surface area is 138 Å². The summed E-state index contributed by atoms with van der Waals surface area (Å²) in [6, 6.07) is 7.89. The van der Waals surface area contributed by atoms with Crippen molar-refractivity contribution >= 4 is 17.2 Å². The highest BCUT2D eigenvalue weighted by Gasteiger charge is 2.19. The van der Waals surface area contributed by atoms with Crippen LogP contribution in [0.1, 0.15) is 12.6 Å². The molecule has 120 valence electrons. The number of nitrogens with zero attached hydrogens (tertiary/aromatic N) is 4. The van der Waals surface area contributed by atoms with Gasteiger partial charge in [-0.25, -0.2) is 0 Å². The van der Waals surface area contributed by atoms with Crippen molar-refractivity contribution in [2.75, 3.05) is 7.05 Å². The molecule has 0 fully saturated rings. The number of nitrogens with one attached hydrogen (secondary N) is 1. The summed E-state index contributed by atoms with van der Waals surface area (Å²) in [5.41, 5.74) is 1.84. The van der Waals surface area contributed by atoms with Gasteiger partial charge in [-0.1, -0.05) is 13.0 Å². The monoisotopic (exact) mass is 329 g/mol. The van der Waals surface area contributed by atoms with Gasteiger partial charge in [0, 0.05) is 19.4 Å². The Morgan fingerprint density at radius 2 is 2.35 bits per heavy atom. The van der Waals surface area contributed by atoms with E-state index in [0.29, 0.717) is 13.1 Å². The molecule has 3 heterocycles. The van der Waals surface area contributed by atoms with Gasteiger partial charge in [-0.2, -0.15) is 10.2 Å². The molecule has 3 aromatic heterocycles. The standard InChI is InChI=1S/C16H19N5OS/c1-12(10-21-7-4-6-17-21)16(22)20(2)11-13-9-14(19-18-13)15-5-3-8-23-15/h3-9,12H,10-11H2,1-2H3,(H,18,19). The van der Waals surface area contributed by atoms with Crippen LogP contribution in [0, 0.1) is 5.92 Å². The highest BCUT2D eigenvalue weighted by atomic mass is 32.1. The third-order valence-electron chi connectivity index (χ3n) is 3.63. The number of hydrogen-bond acceptors (Lipinski definition) is 4. The van der Waals surface area contributed by atoms with Gasteiger partial charge in [-0.15, -0.1) is 11.3 Å². The van der Waals surface area contributed by atoms with Crippen LogP contribution >= 0.6 is 11.3 Å². The average Bonchev–Trinajstić information content (AvgIpc) is 3.27. The quantitative estimate of drug-likeness (QED) is 0.756. The van der Waals surface area contributed by atoms with Gasteiger partial charge in [-0.3, -0.25) is 14.6 Å². The molecule has 0 aliphatic heterocycles. The number of amides is 1. The Morgan fingerprint density at radius 3 is 3.04 bits per heavy atom. The van der Waals surface area contributed by atoms with Crippen LogP contribution in [0.15, 0.2) is 42.0 Å². The summed E-state index contributed by atoms with van der Waals surface area (Å²) in [5.74, 6) is -0.0349. The first-order valence-corrected chi connectivity index (χ1v) is 8.32. The molecule has 0 aliphatic carbocycles. The molecule has 1 unspecified atom stereocenters. The van der Waals surface area contributed by atoms with E-state index >= 15 is 0 Å². The van der Waals surface area contributed by atoms with Crippen molar-refractivity contribution in [3.05, 3.63) is 47.7 Å². The summed E-state index contributed by atoms with van der Waals surface area (Å²) < 4.78 is 1.78. The first-order chi connectivity index (χ1) is 11.1. The summed E-state index contributed by atoms with van der Waals surface area (Å²) in [5, 5.41) is 13.5. The summed E-state index contributed by atoms with van der Waals surface area (Å²) in [6.07, 6.45) is 3.59. The fourth-order valence-electron chi connectivity index (χ4n) is 2.47. The molecule has 1 amide bonds.